The van der Waals surface area contributed by atoms with Crippen molar-refractivity contribution in [3.63, 3.8) is 0 Å². The molecule has 0 bridgehead atoms. The van der Waals surface area contributed by atoms with Crippen molar-refractivity contribution >= 4 is 40.3 Å². The molecule has 0 fully saturated rings. The van der Waals surface area contributed by atoms with Crippen molar-refractivity contribution in [3.8, 4) is 11.3 Å². The van der Waals surface area contributed by atoms with Gasteiger partial charge in [0.25, 0.3) is 0 Å². The molecule has 6 nitrogen and oxygen atoms in total. The highest BCUT2D eigenvalue weighted by molar-refractivity contribution is 7.00. The maximum Gasteiger partial charge on any atom is 0.327 e. The Morgan fingerprint density at radius 3 is 2.62 bits per heavy atom. The van der Waals surface area contributed by atoms with Gasteiger partial charge in [-0.25, -0.2) is 9.78 Å². The summed E-state index contributed by atoms with van der Waals surface area (Å²) in [6.45, 7) is 0. The van der Waals surface area contributed by atoms with Crippen LogP contribution < -0.4 is 10.2 Å². The van der Waals surface area contributed by atoms with E-state index in [-0.39, 0.29) is 6.03 Å². The van der Waals surface area contributed by atoms with Crippen molar-refractivity contribution in [1.82, 2.24) is 13.7 Å². The Morgan fingerprint density at radius 1 is 0.962 bits per heavy atom. The largest absolute Gasteiger partial charge is 0.327 e. The zero-order valence-corrected chi connectivity index (χ0v) is 14.8. The van der Waals surface area contributed by atoms with Gasteiger partial charge in [0.05, 0.1) is 23.1 Å². The first kappa shape index (κ1) is 16.2. The van der Waals surface area contributed by atoms with E-state index in [1.54, 1.807) is 13.1 Å². The molecule has 0 saturated carbocycles. The second kappa shape index (κ2) is 6.89. The number of rotatable bonds is 3. The van der Waals surface area contributed by atoms with Gasteiger partial charge in [0.2, 0.25) is 0 Å². The van der Waals surface area contributed by atoms with Crippen LogP contribution in [-0.2, 0) is 0 Å². The van der Waals surface area contributed by atoms with Crippen molar-refractivity contribution in [2.75, 3.05) is 17.3 Å². The zero-order valence-electron chi connectivity index (χ0n) is 14.0. The van der Waals surface area contributed by atoms with Crippen LogP contribution in [0.2, 0.25) is 0 Å². The Morgan fingerprint density at radius 2 is 1.77 bits per heavy atom. The quantitative estimate of drug-likeness (QED) is 0.586. The molecule has 4 aromatic rings. The molecule has 0 aliphatic carbocycles. The third kappa shape index (κ3) is 3.12. The lowest BCUT2D eigenvalue weighted by molar-refractivity contribution is 0.258. The van der Waals surface area contributed by atoms with Gasteiger partial charge in [-0.05, 0) is 24.3 Å². The van der Waals surface area contributed by atoms with Crippen molar-refractivity contribution in [1.29, 1.82) is 0 Å². The van der Waals surface area contributed by atoms with Crippen LogP contribution in [0.1, 0.15) is 0 Å². The monoisotopic (exact) mass is 361 g/mol. The van der Waals surface area contributed by atoms with Gasteiger partial charge in [-0.1, -0.05) is 42.5 Å². The van der Waals surface area contributed by atoms with E-state index in [2.05, 4.69) is 19.0 Å². The van der Waals surface area contributed by atoms with Gasteiger partial charge < -0.3 is 5.32 Å². The molecule has 2 aromatic heterocycles. The molecule has 2 aromatic carbocycles. The molecular weight excluding hydrogens is 346 g/mol. The average molecular weight is 361 g/mol. The van der Waals surface area contributed by atoms with Crippen LogP contribution in [0.15, 0.2) is 66.7 Å². The summed E-state index contributed by atoms with van der Waals surface area (Å²) in [4.78, 5) is 18.7. The second-order valence-electron chi connectivity index (χ2n) is 5.67. The van der Waals surface area contributed by atoms with E-state index in [0.717, 1.165) is 28.5 Å². The maximum atomic E-state index is 12.7. The molecule has 0 saturated heterocycles. The Labute approximate surface area is 154 Å². The fourth-order valence-corrected chi connectivity index (χ4v) is 3.14. The van der Waals surface area contributed by atoms with Crippen LogP contribution in [-0.4, -0.2) is 26.8 Å². The third-order valence-electron chi connectivity index (χ3n) is 3.98. The summed E-state index contributed by atoms with van der Waals surface area (Å²) in [5, 5.41) is 2.88. The zero-order chi connectivity index (χ0) is 17.9. The van der Waals surface area contributed by atoms with E-state index in [9.17, 15) is 4.79 Å². The van der Waals surface area contributed by atoms with Gasteiger partial charge in [-0.3, -0.25) is 4.90 Å². The average Bonchev–Trinajstić information content (AvgIpc) is 3.18. The van der Waals surface area contributed by atoms with Crippen molar-refractivity contribution < 1.29 is 4.79 Å². The number of hydrogen-bond acceptors (Lipinski definition) is 5. The molecule has 4 rings (SSSR count). The second-order valence-corrected chi connectivity index (χ2v) is 6.20. The predicted octanol–water partition coefficient (Wildman–Crippen LogP) is 4.42. The van der Waals surface area contributed by atoms with Crippen molar-refractivity contribution in [2.24, 2.45) is 0 Å². The summed E-state index contributed by atoms with van der Waals surface area (Å²) in [5.74, 6) is 0.562. The van der Waals surface area contributed by atoms with Gasteiger partial charge in [0, 0.05) is 12.6 Å². The number of anilines is 2. The summed E-state index contributed by atoms with van der Waals surface area (Å²) >= 11 is 1.12. The molecule has 2 heterocycles. The van der Waals surface area contributed by atoms with Crippen LogP contribution in [0.25, 0.3) is 22.3 Å². The number of benzene rings is 2. The fourth-order valence-electron chi connectivity index (χ4n) is 2.59. The van der Waals surface area contributed by atoms with E-state index in [4.69, 9.17) is 0 Å². The van der Waals surface area contributed by atoms with Gasteiger partial charge in [-0.15, -0.1) is 0 Å². The smallest absolute Gasteiger partial charge is 0.305 e. The normalized spacial score (nSPS) is 10.7. The van der Waals surface area contributed by atoms with Gasteiger partial charge in [-0.2, -0.15) is 8.75 Å². The first-order valence-corrected chi connectivity index (χ1v) is 8.74. The fraction of sp³-hybridized carbons (Fsp3) is 0.0526. The first-order chi connectivity index (χ1) is 12.7. The minimum absolute atomic E-state index is 0.289. The van der Waals surface area contributed by atoms with E-state index in [1.165, 1.54) is 4.90 Å². The molecule has 26 heavy (non-hydrogen) atoms. The number of nitrogens with zero attached hydrogens (tertiary/aromatic N) is 4. The summed E-state index contributed by atoms with van der Waals surface area (Å²) in [5.41, 5.74) is 3.90. The molecule has 0 radical (unpaired) electrons. The SMILES string of the molecule is CN(C(=O)Nc1cccc2nsnc12)c1cccc(-c2ccccc2)n1. The van der Waals surface area contributed by atoms with Crippen molar-refractivity contribution in [2.45, 2.75) is 0 Å². The summed E-state index contributed by atoms with van der Waals surface area (Å²) in [6, 6.07) is 20.7. The number of amides is 2. The maximum absolute atomic E-state index is 12.7. The number of carbonyl (C=O) groups is 1. The number of carbonyl (C=O) groups excluding carboxylic acids is 1. The van der Waals surface area contributed by atoms with E-state index < -0.39 is 0 Å². The number of nitrogens with one attached hydrogen (secondary N) is 1. The molecule has 2 amide bonds. The topological polar surface area (TPSA) is 71.0 Å². The van der Waals surface area contributed by atoms with Crippen LogP contribution in [0.5, 0.6) is 0 Å². The number of aromatic nitrogens is 3. The Bertz CT molecular complexity index is 1060. The lowest BCUT2D eigenvalue weighted by Crippen LogP contribution is -2.31. The summed E-state index contributed by atoms with van der Waals surface area (Å²) in [6.07, 6.45) is 0. The third-order valence-corrected chi connectivity index (χ3v) is 4.52. The van der Waals surface area contributed by atoms with Gasteiger partial charge in [0.1, 0.15) is 16.9 Å². The first-order valence-electron chi connectivity index (χ1n) is 8.01. The Hall–Kier alpha value is -3.32. The lowest BCUT2D eigenvalue weighted by atomic mass is 10.1. The number of pyridine rings is 1. The molecule has 0 aliphatic heterocycles. The highest BCUT2D eigenvalue weighted by Gasteiger charge is 2.15. The molecule has 0 atom stereocenters. The van der Waals surface area contributed by atoms with E-state index >= 15 is 0 Å². The van der Waals surface area contributed by atoms with E-state index in [1.807, 2.05) is 60.7 Å². The molecule has 1 N–H and O–H groups in total. The Balaban J connectivity index is 1.58. The standard InChI is InChI=1S/C19H15N5OS/c1-24(17-12-6-9-14(20-17)13-7-3-2-4-8-13)19(25)21-15-10-5-11-16-18(15)23-26-22-16/h2-12H,1H3,(H,21,25). The molecule has 7 heteroatoms. The summed E-state index contributed by atoms with van der Waals surface area (Å²) < 4.78 is 8.43. The van der Waals surface area contributed by atoms with Crippen molar-refractivity contribution in [3.05, 3.63) is 66.7 Å². The predicted molar refractivity (Wildman–Crippen MR) is 105 cm³/mol. The number of hydrogen-bond donors (Lipinski definition) is 1. The molecular formula is C19H15N5OS. The highest BCUT2D eigenvalue weighted by atomic mass is 32.1. The van der Waals surface area contributed by atoms with Crippen LogP contribution >= 0.6 is 11.7 Å². The number of urea groups is 1. The van der Waals surface area contributed by atoms with Gasteiger partial charge in [0.15, 0.2) is 0 Å². The molecule has 0 aliphatic rings. The van der Waals surface area contributed by atoms with Crippen LogP contribution in [0.3, 0.4) is 0 Å². The molecule has 0 unspecified atom stereocenters. The number of fused-ring (bicyclic) bond motifs is 1. The summed E-state index contributed by atoms with van der Waals surface area (Å²) in [7, 11) is 1.69. The Kier molecular flexibility index (Phi) is 4.28. The minimum Gasteiger partial charge on any atom is -0.305 e. The minimum atomic E-state index is -0.289. The molecule has 0 spiro atoms. The van der Waals surface area contributed by atoms with E-state index in [0.29, 0.717) is 17.0 Å². The highest BCUT2D eigenvalue weighted by Crippen LogP contribution is 2.23. The van der Waals surface area contributed by atoms with Crippen LogP contribution in [0, 0.1) is 0 Å². The van der Waals surface area contributed by atoms with Gasteiger partial charge >= 0.3 is 6.03 Å². The van der Waals surface area contributed by atoms with Crippen LogP contribution in [0.4, 0.5) is 16.3 Å². The molecule has 128 valence electrons. The lowest BCUT2D eigenvalue weighted by Gasteiger charge is -2.18.